The average molecular weight is 394 g/mol. The van der Waals surface area contributed by atoms with Gasteiger partial charge in [0.2, 0.25) is 5.92 Å². The molecule has 1 N–H and O–H groups in total. The molecule has 28 heavy (non-hydrogen) atoms. The van der Waals surface area contributed by atoms with Gasteiger partial charge in [-0.15, -0.1) is 0 Å². The smallest absolute Gasteiger partial charge is 0.343 e. The van der Waals surface area contributed by atoms with Gasteiger partial charge in [0.15, 0.2) is 5.60 Å². The first-order chi connectivity index (χ1) is 13.2. The highest BCUT2D eigenvalue weighted by atomic mass is 19.3. The zero-order valence-corrected chi connectivity index (χ0v) is 16.4. The summed E-state index contributed by atoms with van der Waals surface area (Å²) < 4.78 is 32.9. The number of nitrogens with zero attached hydrogens (tertiary/aromatic N) is 2. The lowest BCUT2D eigenvalue weighted by atomic mass is 9.80. The third-order valence-corrected chi connectivity index (χ3v) is 5.88. The van der Waals surface area contributed by atoms with Crippen molar-refractivity contribution < 1.29 is 23.4 Å². The van der Waals surface area contributed by atoms with Crippen LogP contribution in [0.1, 0.15) is 38.2 Å². The summed E-state index contributed by atoms with van der Waals surface area (Å²) in [6, 6.07) is 8.28. The fourth-order valence-electron chi connectivity index (χ4n) is 3.98. The van der Waals surface area contributed by atoms with Crippen molar-refractivity contribution in [3.63, 3.8) is 0 Å². The van der Waals surface area contributed by atoms with Gasteiger partial charge >= 0.3 is 5.97 Å². The Morgan fingerprint density at radius 3 is 2.61 bits per heavy atom. The van der Waals surface area contributed by atoms with E-state index in [9.17, 15) is 18.7 Å². The summed E-state index contributed by atoms with van der Waals surface area (Å²) in [7, 11) is 1.98. The van der Waals surface area contributed by atoms with E-state index in [0.29, 0.717) is 18.5 Å². The molecule has 0 radical (unpaired) electrons. The van der Waals surface area contributed by atoms with Crippen LogP contribution in [0.5, 0.6) is 0 Å². The molecule has 1 unspecified atom stereocenters. The molecule has 1 aromatic rings. The minimum atomic E-state index is -2.86. The van der Waals surface area contributed by atoms with Crippen LogP contribution in [0, 0.1) is 5.92 Å². The lowest BCUT2D eigenvalue weighted by molar-refractivity contribution is -0.175. The Morgan fingerprint density at radius 1 is 1.32 bits per heavy atom. The molecule has 1 aliphatic carbocycles. The molecule has 0 bridgehead atoms. The molecular formula is C21H28F2N2O3. The maximum atomic E-state index is 13.8. The largest absolute Gasteiger partial charge is 0.463 e. The van der Waals surface area contributed by atoms with E-state index in [0.717, 1.165) is 0 Å². The molecule has 0 saturated heterocycles. The van der Waals surface area contributed by atoms with Crippen LogP contribution in [0.3, 0.4) is 0 Å². The Morgan fingerprint density at radius 2 is 2.04 bits per heavy atom. The van der Waals surface area contributed by atoms with Crippen molar-refractivity contribution in [1.82, 2.24) is 9.80 Å². The van der Waals surface area contributed by atoms with Gasteiger partial charge in [-0.2, -0.15) is 0 Å². The van der Waals surface area contributed by atoms with E-state index in [1.165, 1.54) is 0 Å². The topological polar surface area (TPSA) is 53.0 Å². The highest BCUT2D eigenvalue weighted by Crippen LogP contribution is 2.47. The number of carbonyl (C=O) groups is 1. The third-order valence-electron chi connectivity index (χ3n) is 5.88. The van der Waals surface area contributed by atoms with Crippen molar-refractivity contribution in [2.24, 2.45) is 5.92 Å². The fraction of sp³-hybridized carbons (Fsp3) is 0.571. The summed E-state index contributed by atoms with van der Waals surface area (Å²) in [4.78, 5) is 17.0. The van der Waals surface area contributed by atoms with Gasteiger partial charge in [-0.1, -0.05) is 30.3 Å². The molecule has 1 aliphatic heterocycles. The summed E-state index contributed by atoms with van der Waals surface area (Å²) in [6.07, 6.45) is 4.01. The quantitative estimate of drug-likeness (QED) is 0.568. The molecule has 0 spiro atoms. The number of benzene rings is 1. The first-order valence-electron chi connectivity index (χ1n) is 9.73. The van der Waals surface area contributed by atoms with Crippen molar-refractivity contribution in [2.75, 3.05) is 20.2 Å². The van der Waals surface area contributed by atoms with Crippen LogP contribution in [0.25, 0.3) is 0 Å². The number of halogens is 2. The molecule has 1 aromatic carbocycles. The van der Waals surface area contributed by atoms with E-state index in [-0.39, 0.29) is 25.6 Å². The predicted octanol–water partition coefficient (Wildman–Crippen LogP) is 3.31. The van der Waals surface area contributed by atoms with Crippen LogP contribution in [0.15, 0.2) is 42.7 Å². The molecule has 7 heteroatoms. The van der Waals surface area contributed by atoms with Gasteiger partial charge in [0.1, 0.15) is 0 Å². The lowest BCUT2D eigenvalue weighted by Crippen LogP contribution is -2.44. The summed E-state index contributed by atoms with van der Waals surface area (Å²) in [5.41, 5.74) is -1.75. The molecule has 2 aliphatic rings. The number of alkyl halides is 2. The Labute approximate surface area is 164 Å². The molecule has 3 atom stereocenters. The van der Waals surface area contributed by atoms with Crippen molar-refractivity contribution in [1.29, 1.82) is 0 Å². The van der Waals surface area contributed by atoms with Gasteiger partial charge < -0.3 is 19.6 Å². The SMILES string of the molecule is CC1N(C)C=CN1CCCOC(=O)[C@](O)(c1ccccc1)[C@@H]1CCC(F)(F)C1. The van der Waals surface area contributed by atoms with Crippen LogP contribution in [0.4, 0.5) is 8.78 Å². The van der Waals surface area contributed by atoms with Gasteiger partial charge in [0, 0.05) is 44.8 Å². The summed E-state index contributed by atoms with van der Waals surface area (Å²) in [5.74, 6) is -4.58. The van der Waals surface area contributed by atoms with Crippen molar-refractivity contribution in [3.8, 4) is 0 Å². The Kier molecular flexibility index (Phi) is 5.93. The molecule has 3 rings (SSSR count). The first kappa shape index (κ1) is 20.6. The second kappa shape index (κ2) is 8.07. The van der Waals surface area contributed by atoms with E-state index in [1.54, 1.807) is 30.3 Å². The summed E-state index contributed by atoms with van der Waals surface area (Å²) >= 11 is 0. The maximum absolute atomic E-state index is 13.8. The predicted molar refractivity (Wildman–Crippen MR) is 101 cm³/mol. The van der Waals surface area contributed by atoms with Crippen molar-refractivity contribution in [2.45, 2.75) is 50.3 Å². The second-order valence-corrected chi connectivity index (χ2v) is 7.75. The van der Waals surface area contributed by atoms with E-state index in [1.807, 2.05) is 19.4 Å². The highest BCUT2D eigenvalue weighted by molar-refractivity contribution is 5.81. The number of rotatable bonds is 7. The number of esters is 1. The highest BCUT2D eigenvalue weighted by Gasteiger charge is 2.54. The number of hydrogen-bond donors (Lipinski definition) is 1. The lowest BCUT2D eigenvalue weighted by Gasteiger charge is -2.32. The van der Waals surface area contributed by atoms with Crippen LogP contribution in [-0.4, -0.2) is 53.2 Å². The number of ether oxygens (including phenoxy) is 1. The first-order valence-corrected chi connectivity index (χ1v) is 9.73. The van der Waals surface area contributed by atoms with E-state index in [4.69, 9.17) is 4.74 Å². The minimum Gasteiger partial charge on any atom is -0.463 e. The summed E-state index contributed by atoms with van der Waals surface area (Å²) in [5, 5.41) is 11.2. The van der Waals surface area contributed by atoms with Gasteiger partial charge in [0.25, 0.3) is 0 Å². The third kappa shape index (κ3) is 4.14. The fourth-order valence-corrected chi connectivity index (χ4v) is 3.98. The molecule has 5 nitrogen and oxygen atoms in total. The van der Waals surface area contributed by atoms with Crippen LogP contribution >= 0.6 is 0 Å². The summed E-state index contributed by atoms with van der Waals surface area (Å²) in [6.45, 7) is 2.89. The maximum Gasteiger partial charge on any atom is 0.343 e. The van der Waals surface area contributed by atoms with E-state index in [2.05, 4.69) is 16.7 Å². The van der Waals surface area contributed by atoms with Crippen LogP contribution in [-0.2, 0) is 15.1 Å². The van der Waals surface area contributed by atoms with E-state index < -0.39 is 29.8 Å². The zero-order chi connectivity index (χ0) is 20.4. The Hall–Kier alpha value is -2.15. The molecule has 154 valence electrons. The van der Waals surface area contributed by atoms with Gasteiger partial charge in [-0.05, 0) is 25.3 Å². The molecule has 1 heterocycles. The monoisotopic (exact) mass is 394 g/mol. The molecule has 1 fully saturated rings. The van der Waals surface area contributed by atoms with Gasteiger partial charge in [-0.3, -0.25) is 0 Å². The average Bonchev–Trinajstić information content (AvgIpc) is 3.21. The molecule has 0 aromatic heterocycles. The van der Waals surface area contributed by atoms with Crippen molar-refractivity contribution in [3.05, 3.63) is 48.3 Å². The number of aliphatic hydroxyl groups is 1. The Bertz CT molecular complexity index is 713. The standard InChI is InChI=1S/C21H28F2N2O3/c1-16-24(2)12-13-25(16)11-6-14-28-19(26)21(27,17-7-4-3-5-8-17)18-9-10-20(22,23)15-18/h3-5,7-8,12-13,16,18,27H,6,9-11,14-15H2,1-2H3/t16?,18-,21+/m1/s1. The molecule has 1 saturated carbocycles. The van der Waals surface area contributed by atoms with Crippen LogP contribution in [0.2, 0.25) is 0 Å². The Balaban J connectivity index is 1.64. The minimum absolute atomic E-state index is 0.0793. The normalized spacial score (nSPS) is 25.8. The second-order valence-electron chi connectivity index (χ2n) is 7.75. The van der Waals surface area contributed by atoms with E-state index >= 15 is 0 Å². The van der Waals surface area contributed by atoms with Gasteiger partial charge in [-0.25, -0.2) is 13.6 Å². The molecule has 0 amide bonds. The van der Waals surface area contributed by atoms with Crippen molar-refractivity contribution >= 4 is 5.97 Å². The number of hydrogen-bond acceptors (Lipinski definition) is 5. The van der Waals surface area contributed by atoms with Crippen LogP contribution < -0.4 is 0 Å². The zero-order valence-electron chi connectivity index (χ0n) is 16.4. The van der Waals surface area contributed by atoms with Gasteiger partial charge in [0.05, 0.1) is 12.8 Å². The molecular weight excluding hydrogens is 366 g/mol. The number of carbonyl (C=O) groups excluding carboxylic acids is 1.